The van der Waals surface area contributed by atoms with E-state index in [0.717, 1.165) is 16.8 Å². The van der Waals surface area contributed by atoms with Gasteiger partial charge in [0.05, 0.1) is 11.8 Å². The van der Waals surface area contributed by atoms with Crippen LogP contribution in [0, 0.1) is 11.5 Å². The molecule has 0 fully saturated rings. The van der Waals surface area contributed by atoms with Crippen molar-refractivity contribution in [2.45, 2.75) is 77.6 Å². The molecule has 1 amide bonds. The number of amides is 1. The number of fused-ring (bicyclic) bond motifs is 1. The van der Waals surface area contributed by atoms with Crippen LogP contribution in [0.3, 0.4) is 0 Å². The molecule has 0 radical (unpaired) electrons. The van der Waals surface area contributed by atoms with Crippen molar-refractivity contribution in [2.75, 3.05) is 0 Å². The molecule has 2 aromatic carbocycles. The van der Waals surface area contributed by atoms with Gasteiger partial charge in [-0.2, -0.15) is 0 Å². The number of hydrogen-bond donors (Lipinski definition) is 0. The number of carbonyl (C=O) groups excluding carboxylic acids is 1. The largest absolute Gasteiger partial charge is 0.420 e. The van der Waals surface area contributed by atoms with Gasteiger partial charge in [-0.25, -0.2) is 4.79 Å². The highest BCUT2D eigenvalue weighted by atomic mass is 28.4. The Morgan fingerprint density at radius 2 is 1.57 bits per heavy atom. The molecule has 1 aliphatic rings. The SMILES string of the molecule is C[C@@H](O[Si](C)(C)C(C)(C)C)C1=Cc2ccccc2[C@H](C#C[Si](C)(C)C)N1C(=O)Oc1ccccc1. The van der Waals surface area contributed by atoms with Crippen molar-refractivity contribution in [3.63, 3.8) is 0 Å². The van der Waals surface area contributed by atoms with Crippen molar-refractivity contribution in [3.05, 3.63) is 71.4 Å². The van der Waals surface area contributed by atoms with E-state index in [-0.39, 0.29) is 11.1 Å². The molecule has 4 nitrogen and oxygen atoms in total. The zero-order valence-corrected chi connectivity index (χ0v) is 24.6. The Bertz CT molecular complexity index is 1150. The lowest BCUT2D eigenvalue weighted by molar-refractivity contribution is 0.134. The summed E-state index contributed by atoms with van der Waals surface area (Å²) in [5.41, 5.74) is 6.34. The Balaban J connectivity index is 2.12. The third-order valence-corrected chi connectivity index (χ3v) is 12.0. The van der Waals surface area contributed by atoms with Gasteiger partial charge in [0.25, 0.3) is 0 Å². The highest BCUT2D eigenvalue weighted by Gasteiger charge is 2.42. The number of nitrogens with zero attached hydrogens (tertiary/aromatic N) is 1. The summed E-state index contributed by atoms with van der Waals surface area (Å²) in [4.78, 5) is 15.5. The maximum absolute atomic E-state index is 13.8. The number of ether oxygens (including phenoxy) is 1. The molecule has 1 aliphatic heterocycles. The molecule has 0 aromatic heterocycles. The van der Waals surface area contributed by atoms with Crippen molar-refractivity contribution >= 4 is 28.6 Å². The Labute approximate surface area is 213 Å². The maximum atomic E-state index is 13.8. The summed E-state index contributed by atoms with van der Waals surface area (Å²) >= 11 is 0. The van der Waals surface area contributed by atoms with Gasteiger partial charge in [0, 0.05) is 0 Å². The van der Waals surface area contributed by atoms with Gasteiger partial charge >= 0.3 is 6.09 Å². The Morgan fingerprint density at radius 1 is 0.971 bits per heavy atom. The summed E-state index contributed by atoms with van der Waals surface area (Å²) in [7, 11) is -3.80. The van der Waals surface area contributed by atoms with E-state index >= 15 is 0 Å². The lowest BCUT2D eigenvalue weighted by Gasteiger charge is -2.42. The summed E-state index contributed by atoms with van der Waals surface area (Å²) in [5.74, 6) is 3.97. The Kier molecular flexibility index (Phi) is 7.85. The van der Waals surface area contributed by atoms with E-state index in [0.29, 0.717) is 5.75 Å². The van der Waals surface area contributed by atoms with E-state index in [2.05, 4.69) is 77.1 Å². The third-order valence-electron chi connectivity index (χ3n) is 6.55. The first-order chi connectivity index (χ1) is 16.2. The number of benzene rings is 2. The average Bonchev–Trinajstić information content (AvgIpc) is 2.75. The summed E-state index contributed by atoms with van der Waals surface area (Å²) < 4.78 is 12.6. The summed E-state index contributed by atoms with van der Waals surface area (Å²) in [6.07, 6.45) is 1.31. The molecule has 0 aliphatic carbocycles. The van der Waals surface area contributed by atoms with E-state index < -0.39 is 28.5 Å². The molecule has 6 heteroatoms. The van der Waals surface area contributed by atoms with Crippen LogP contribution in [0.2, 0.25) is 37.8 Å². The molecule has 35 heavy (non-hydrogen) atoms. The number of rotatable bonds is 4. The first kappa shape index (κ1) is 27.0. The highest BCUT2D eigenvalue weighted by molar-refractivity contribution is 6.83. The van der Waals surface area contributed by atoms with Gasteiger partial charge in [0.2, 0.25) is 0 Å². The predicted molar refractivity (Wildman–Crippen MR) is 150 cm³/mol. The van der Waals surface area contributed by atoms with E-state index in [1.165, 1.54) is 0 Å². The van der Waals surface area contributed by atoms with Crippen molar-refractivity contribution in [3.8, 4) is 17.2 Å². The van der Waals surface area contributed by atoms with Gasteiger partial charge in [0.15, 0.2) is 8.32 Å². The summed E-state index contributed by atoms with van der Waals surface area (Å²) in [6.45, 7) is 19.8. The van der Waals surface area contributed by atoms with Gasteiger partial charge in [-0.05, 0) is 54.4 Å². The summed E-state index contributed by atoms with van der Waals surface area (Å²) in [6, 6.07) is 16.9. The smallest absolute Gasteiger partial charge is 0.410 e. The topological polar surface area (TPSA) is 38.8 Å². The van der Waals surface area contributed by atoms with Crippen molar-refractivity contribution in [1.82, 2.24) is 4.90 Å². The molecule has 0 spiro atoms. The molecule has 0 N–H and O–H groups in total. The van der Waals surface area contributed by atoms with Crippen LogP contribution < -0.4 is 4.74 Å². The minimum Gasteiger partial charge on any atom is -0.410 e. The summed E-state index contributed by atoms with van der Waals surface area (Å²) in [5, 5.41) is 0.0425. The molecule has 0 bridgehead atoms. The molecular formula is C29H39NO3Si2. The molecule has 2 aromatic rings. The van der Waals surface area contributed by atoms with E-state index in [1.807, 2.05) is 43.3 Å². The molecule has 0 saturated carbocycles. The first-order valence-electron chi connectivity index (χ1n) is 12.3. The zero-order valence-electron chi connectivity index (χ0n) is 22.6. The molecule has 1 heterocycles. The van der Waals surface area contributed by atoms with Crippen LogP contribution in [0.15, 0.2) is 60.3 Å². The normalized spacial score (nSPS) is 17.0. The van der Waals surface area contributed by atoms with Gasteiger partial charge in [0.1, 0.15) is 19.9 Å². The third kappa shape index (κ3) is 6.55. The van der Waals surface area contributed by atoms with E-state index in [4.69, 9.17) is 9.16 Å². The maximum Gasteiger partial charge on any atom is 0.420 e. The quantitative estimate of drug-likeness (QED) is 0.313. The van der Waals surface area contributed by atoms with Gasteiger partial charge in [-0.15, -0.1) is 5.54 Å². The second kappa shape index (κ2) is 10.2. The lowest BCUT2D eigenvalue weighted by atomic mass is 9.93. The number of para-hydroxylation sites is 1. The van der Waals surface area contributed by atoms with E-state index in [1.54, 1.807) is 17.0 Å². The fraction of sp³-hybridized carbons (Fsp3) is 0.414. The van der Waals surface area contributed by atoms with Crippen molar-refractivity contribution < 1.29 is 14.0 Å². The van der Waals surface area contributed by atoms with Crippen LogP contribution in [0.1, 0.15) is 44.9 Å². The van der Waals surface area contributed by atoms with Crippen LogP contribution in [-0.2, 0) is 4.43 Å². The zero-order chi connectivity index (χ0) is 26.0. The molecule has 2 atom stereocenters. The fourth-order valence-corrected chi connectivity index (χ4v) is 5.61. The first-order valence-corrected chi connectivity index (χ1v) is 18.7. The van der Waals surface area contributed by atoms with Crippen LogP contribution in [0.25, 0.3) is 6.08 Å². The minimum absolute atomic E-state index is 0.0425. The van der Waals surface area contributed by atoms with Gasteiger partial charge in [-0.1, -0.05) is 88.8 Å². The van der Waals surface area contributed by atoms with Gasteiger partial charge in [-0.3, -0.25) is 4.90 Å². The molecule has 3 rings (SSSR count). The van der Waals surface area contributed by atoms with Gasteiger partial charge < -0.3 is 9.16 Å². The lowest BCUT2D eigenvalue weighted by Crippen LogP contribution is -2.47. The van der Waals surface area contributed by atoms with Crippen LogP contribution in [0.4, 0.5) is 4.79 Å². The molecule has 0 unspecified atom stereocenters. The second-order valence-corrected chi connectivity index (χ2v) is 21.2. The monoisotopic (exact) mass is 505 g/mol. The minimum atomic E-state index is -2.10. The second-order valence-electron chi connectivity index (χ2n) is 11.7. The van der Waals surface area contributed by atoms with Crippen molar-refractivity contribution in [1.29, 1.82) is 0 Å². The fourth-order valence-electron chi connectivity index (χ4n) is 3.68. The number of hydrogen-bond acceptors (Lipinski definition) is 3. The van der Waals surface area contributed by atoms with E-state index in [9.17, 15) is 4.79 Å². The van der Waals surface area contributed by atoms with Crippen molar-refractivity contribution in [2.24, 2.45) is 0 Å². The predicted octanol–water partition coefficient (Wildman–Crippen LogP) is 7.87. The number of carbonyl (C=O) groups is 1. The van der Waals surface area contributed by atoms with Crippen LogP contribution in [-0.4, -0.2) is 33.5 Å². The highest BCUT2D eigenvalue weighted by Crippen LogP contribution is 2.41. The standard InChI is InChI=1S/C29H39NO3Si2/c1-22(33-35(8,9)29(2,3)4)27-21-23-15-13-14-18-25(23)26(19-20-34(5,6)7)30(27)28(31)32-24-16-11-10-12-17-24/h10-18,21-22,26H,1-9H3/t22-,26+/m1/s1. The van der Waals surface area contributed by atoms with Crippen LogP contribution >= 0.6 is 0 Å². The Hall–Kier alpha value is -2.60. The van der Waals surface area contributed by atoms with Crippen LogP contribution in [0.5, 0.6) is 5.75 Å². The molecule has 186 valence electrons. The Morgan fingerprint density at radius 3 is 2.17 bits per heavy atom. The average molecular weight is 506 g/mol. The molecular weight excluding hydrogens is 466 g/mol. The molecule has 0 saturated heterocycles.